The second-order valence-electron chi connectivity index (χ2n) is 5.57. The van der Waals surface area contributed by atoms with Gasteiger partial charge in [0.25, 0.3) is 0 Å². The van der Waals surface area contributed by atoms with Gasteiger partial charge < -0.3 is 4.74 Å². The molecular formula is C20H15N3O2. The minimum absolute atomic E-state index is 0.365. The molecular weight excluding hydrogens is 314 g/mol. The van der Waals surface area contributed by atoms with Crippen molar-refractivity contribution in [2.75, 3.05) is 0 Å². The van der Waals surface area contributed by atoms with Gasteiger partial charge in [-0.25, -0.2) is 9.97 Å². The molecule has 122 valence electrons. The lowest BCUT2D eigenvalue weighted by molar-refractivity contribution is -0.131. The smallest absolute Gasteiger partial charge is 0.308 e. The van der Waals surface area contributed by atoms with Gasteiger partial charge >= 0.3 is 5.97 Å². The van der Waals surface area contributed by atoms with E-state index in [-0.39, 0.29) is 5.97 Å². The third-order valence-electron chi connectivity index (χ3n) is 3.86. The van der Waals surface area contributed by atoms with Gasteiger partial charge in [0.1, 0.15) is 0 Å². The highest BCUT2D eigenvalue weighted by molar-refractivity contribution is 5.94. The molecule has 0 spiro atoms. The predicted molar refractivity (Wildman–Crippen MR) is 95.6 cm³/mol. The summed E-state index contributed by atoms with van der Waals surface area (Å²) in [6, 6.07) is 19.4. The van der Waals surface area contributed by atoms with E-state index in [2.05, 4.69) is 9.97 Å². The Labute approximate surface area is 144 Å². The molecule has 0 unspecified atom stereocenters. The molecule has 5 nitrogen and oxygen atoms in total. The first-order chi connectivity index (χ1) is 12.2. The number of rotatable bonds is 3. The Kier molecular flexibility index (Phi) is 3.74. The Morgan fingerprint density at radius 3 is 2.44 bits per heavy atom. The number of benzene rings is 2. The molecule has 0 radical (unpaired) electrons. The van der Waals surface area contributed by atoms with Gasteiger partial charge in [0, 0.05) is 24.7 Å². The fourth-order valence-electron chi connectivity index (χ4n) is 2.90. The molecule has 0 bridgehead atoms. The lowest BCUT2D eigenvalue weighted by Gasteiger charge is -2.11. The number of fused-ring (bicyclic) bond motifs is 1. The second-order valence-corrected chi connectivity index (χ2v) is 5.57. The first-order valence-electron chi connectivity index (χ1n) is 7.90. The Hall–Kier alpha value is -3.47. The summed E-state index contributed by atoms with van der Waals surface area (Å²) in [6.45, 7) is 1.39. The minimum atomic E-state index is -0.365. The van der Waals surface area contributed by atoms with Crippen LogP contribution in [0.1, 0.15) is 6.92 Å². The summed E-state index contributed by atoms with van der Waals surface area (Å²) in [5.74, 6) is 0.645. The summed E-state index contributed by atoms with van der Waals surface area (Å²) in [5.41, 5.74) is 2.73. The Balaban J connectivity index is 2.07. The van der Waals surface area contributed by atoms with Gasteiger partial charge in [-0.2, -0.15) is 0 Å². The van der Waals surface area contributed by atoms with E-state index in [0.717, 1.165) is 22.2 Å². The lowest BCUT2D eigenvalue weighted by Crippen LogP contribution is -2.06. The van der Waals surface area contributed by atoms with E-state index in [4.69, 9.17) is 4.74 Å². The van der Waals surface area contributed by atoms with Crippen LogP contribution < -0.4 is 4.74 Å². The van der Waals surface area contributed by atoms with Crippen molar-refractivity contribution in [2.24, 2.45) is 0 Å². The zero-order valence-electron chi connectivity index (χ0n) is 13.6. The van der Waals surface area contributed by atoms with Gasteiger partial charge in [0.05, 0.1) is 11.2 Å². The third-order valence-corrected chi connectivity index (χ3v) is 3.86. The van der Waals surface area contributed by atoms with Crippen LogP contribution in [-0.2, 0) is 4.79 Å². The Morgan fingerprint density at radius 2 is 1.72 bits per heavy atom. The molecule has 0 aliphatic carbocycles. The van der Waals surface area contributed by atoms with Crippen molar-refractivity contribution in [3.63, 3.8) is 0 Å². The van der Waals surface area contributed by atoms with Gasteiger partial charge in [-0.3, -0.25) is 9.36 Å². The summed E-state index contributed by atoms with van der Waals surface area (Å²) >= 11 is 0. The number of nitrogens with zero attached hydrogens (tertiary/aromatic N) is 3. The topological polar surface area (TPSA) is 57.0 Å². The lowest BCUT2D eigenvalue weighted by atomic mass is 10.1. The molecule has 0 atom stereocenters. The van der Waals surface area contributed by atoms with E-state index < -0.39 is 0 Å². The molecule has 4 rings (SSSR count). The van der Waals surface area contributed by atoms with Crippen LogP contribution >= 0.6 is 0 Å². The van der Waals surface area contributed by atoms with Crippen LogP contribution in [0.5, 0.6) is 5.75 Å². The van der Waals surface area contributed by atoms with E-state index in [1.165, 1.54) is 6.92 Å². The average Bonchev–Trinajstić information content (AvgIpc) is 3.03. The minimum Gasteiger partial charge on any atom is -0.424 e. The highest BCUT2D eigenvalue weighted by Gasteiger charge is 2.18. The van der Waals surface area contributed by atoms with Gasteiger partial charge in [0.15, 0.2) is 5.75 Å². The van der Waals surface area contributed by atoms with Crippen molar-refractivity contribution < 1.29 is 9.53 Å². The summed E-state index contributed by atoms with van der Waals surface area (Å²) in [4.78, 5) is 20.3. The van der Waals surface area contributed by atoms with Crippen LogP contribution in [0.4, 0.5) is 0 Å². The molecule has 0 aliphatic rings. The number of ether oxygens (including phenoxy) is 1. The normalized spacial score (nSPS) is 10.8. The SMILES string of the molecule is CC(=O)Oc1cccc2cc(-c3ccccc3)n(-c3ncccn3)c12. The van der Waals surface area contributed by atoms with Crippen molar-refractivity contribution in [2.45, 2.75) is 6.92 Å². The summed E-state index contributed by atoms with van der Waals surface area (Å²) in [7, 11) is 0. The van der Waals surface area contributed by atoms with Gasteiger partial charge in [-0.05, 0) is 23.8 Å². The first-order valence-corrected chi connectivity index (χ1v) is 7.90. The standard InChI is InChI=1S/C20H15N3O2/c1-14(24)25-18-10-5-9-16-13-17(15-7-3-2-4-8-15)23(19(16)18)20-21-11-6-12-22-20/h2-13H,1H3. The number of para-hydroxylation sites is 1. The number of esters is 1. The zero-order valence-corrected chi connectivity index (χ0v) is 13.6. The fraction of sp³-hybridized carbons (Fsp3) is 0.0500. The first kappa shape index (κ1) is 15.1. The maximum Gasteiger partial charge on any atom is 0.308 e. The fourth-order valence-corrected chi connectivity index (χ4v) is 2.90. The average molecular weight is 329 g/mol. The number of carbonyl (C=O) groups is 1. The maximum absolute atomic E-state index is 11.5. The van der Waals surface area contributed by atoms with Gasteiger partial charge in [-0.15, -0.1) is 0 Å². The van der Waals surface area contributed by atoms with Gasteiger partial charge in [0.2, 0.25) is 5.95 Å². The molecule has 5 heteroatoms. The summed E-state index contributed by atoms with van der Waals surface area (Å²) in [5, 5.41) is 0.949. The number of aromatic nitrogens is 3. The van der Waals surface area contributed by atoms with Crippen LogP contribution in [-0.4, -0.2) is 20.5 Å². The Morgan fingerprint density at radius 1 is 0.960 bits per heavy atom. The van der Waals surface area contributed by atoms with Crippen molar-refractivity contribution >= 4 is 16.9 Å². The maximum atomic E-state index is 11.5. The van der Waals surface area contributed by atoms with Crippen LogP contribution in [0.25, 0.3) is 28.1 Å². The molecule has 2 heterocycles. The molecule has 0 amide bonds. The molecule has 0 saturated heterocycles. The van der Waals surface area contributed by atoms with Crippen molar-refractivity contribution in [3.05, 3.63) is 73.1 Å². The van der Waals surface area contributed by atoms with E-state index in [0.29, 0.717) is 11.7 Å². The van der Waals surface area contributed by atoms with Crippen molar-refractivity contribution in [3.8, 4) is 23.0 Å². The molecule has 0 saturated carbocycles. The van der Waals surface area contributed by atoms with Gasteiger partial charge in [-0.1, -0.05) is 42.5 Å². The van der Waals surface area contributed by atoms with Crippen molar-refractivity contribution in [1.29, 1.82) is 0 Å². The predicted octanol–water partition coefficient (Wildman–Crippen LogP) is 4.01. The van der Waals surface area contributed by atoms with E-state index in [1.807, 2.05) is 53.1 Å². The Bertz CT molecular complexity index is 1040. The quantitative estimate of drug-likeness (QED) is 0.421. The number of carbonyl (C=O) groups excluding carboxylic acids is 1. The zero-order chi connectivity index (χ0) is 17.2. The molecule has 2 aromatic carbocycles. The van der Waals surface area contributed by atoms with E-state index >= 15 is 0 Å². The van der Waals surface area contributed by atoms with Crippen LogP contribution in [0, 0.1) is 0 Å². The number of hydrogen-bond donors (Lipinski definition) is 0. The molecule has 0 aliphatic heterocycles. The molecule has 0 fully saturated rings. The van der Waals surface area contributed by atoms with Crippen LogP contribution in [0.15, 0.2) is 73.1 Å². The van der Waals surface area contributed by atoms with E-state index in [9.17, 15) is 4.79 Å². The molecule has 4 aromatic rings. The molecule has 25 heavy (non-hydrogen) atoms. The molecule has 0 N–H and O–H groups in total. The van der Waals surface area contributed by atoms with Crippen molar-refractivity contribution in [1.82, 2.24) is 14.5 Å². The van der Waals surface area contributed by atoms with E-state index in [1.54, 1.807) is 24.5 Å². The highest BCUT2D eigenvalue weighted by atomic mass is 16.5. The monoisotopic (exact) mass is 329 g/mol. The van der Waals surface area contributed by atoms with Crippen LogP contribution in [0.2, 0.25) is 0 Å². The largest absolute Gasteiger partial charge is 0.424 e. The highest BCUT2D eigenvalue weighted by Crippen LogP contribution is 2.35. The molecule has 2 aromatic heterocycles. The van der Waals surface area contributed by atoms with Crippen LogP contribution in [0.3, 0.4) is 0 Å². The summed E-state index contributed by atoms with van der Waals surface area (Å²) in [6.07, 6.45) is 3.38. The third kappa shape index (κ3) is 2.76. The number of hydrogen-bond acceptors (Lipinski definition) is 4. The summed E-state index contributed by atoms with van der Waals surface area (Å²) < 4.78 is 7.34. The second kappa shape index (κ2) is 6.20.